The van der Waals surface area contributed by atoms with Crippen LogP contribution in [-0.2, 0) is 9.53 Å². The molecule has 0 aromatic carbocycles. The van der Waals surface area contributed by atoms with Gasteiger partial charge in [0.15, 0.2) is 0 Å². The highest BCUT2D eigenvalue weighted by molar-refractivity contribution is 8.23. The third kappa shape index (κ3) is 2.34. The fourth-order valence-corrected chi connectivity index (χ4v) is 1.86. The predicted octanol–water partition coefficient (Wildman–Crippen LogP) is 0.539. The molecule has 1 rings (SSSR count). The summed E-state index contributed by atoms with van der Waals surface area (Å²) in [5.74, 6) is 0.484. The van der Waals surface area contributed by atoms with Gasteiger partial charge in [0.25, 0.3) is 0 Å². The van der Waals surface area contributed by atoms with E-state index in [9.17, 15) is 4.79 Å². The lowest BCUT2D eigenvalue weighted by molar-refractivity contribution is -0.144. The zero-order valence-corrected chi connectivity index (χ0v) is 7.76. The predicted molar refractivity (Wildman–Crippen MR) is 48.6 cm³/mol. The lowest BCUT2D eigenvalue weighted by Gasteiger charge is -2.07. The van der Waals surface area contributed by atoms with E-state index in [1.54, 1.807) is 6.92 Å². The van der Waals surface area contributed by atoms with Gasteiger partial charge in [-0.3, -0.25) is 0 Å². The molecular formula is C6H9NO2S2. The zero-order chi connectivity index (χ0) is 8.27. The van der Waals surface area contributed by atoms with E-state index in [1.807, 2.05) is 0 Å². The van der Waals surface area contributed by atoms with Gasteiger partial charge in [-0.2, -0.15) is 0 Å². The van der Waals surface area contributed by atoms with Gasteiger partial charge in [-0.1, -0.05) is 24.0 Å². The number of hydrogen-bond donors (Lipinski definition) is 1. The first kappa shape index (κ1) is 8.80. The zero-order valence-electron chi connectivity index (χ0n) is 6.12. The van der Waals surface area contributed by atoms with Crippen LogP contribution in [0.15, 0.2) is 0 Å². The summed E-state index contributed by atoms with van der Waals surface area (Å²) in [7, 11) is 0. The molecule has 0 aromatic heterocycles. The fourth-order valence-electron chi connectivity index (χ4n) is 0.754. The van der Waals surface area contributed by atoms with Gasteiger partial charge < -0.3 is 10.1 Å². The molecule has 1 aliphatic heterocycles. The van der Waals surface area contributed by atoms with Gasteiger partial charge in [0.2, 0.25) is 0 Å². The largest absolute Gasteiger partial charge is 0.464 e. The van der Waals surface area contributed by atoms with Crippen molar-refractivity contribution in [3.63, 3.8) is 0 Å². The maximum absolute atomic E-state index is 11.0. The molecule has 0 saturated carbocycles. The van der Waals surface area contributed by atoms with Crippen molar-refractivity contribution >= 4 is 34.3 Å². The summed E-state index contributed by atoms with van der Waals surface area (Å²) >= 11 is 6.32. The van der Waals surface area contributed by atoms with E-state index in [1.165, 1.54) is 11.8 Å². The van der Waals surface area contributed by atoms with Crippen molar-refractivity contribution in [3.05, 3.63) is 0 Å². The Bertz CT molecular complexity index is 183. The maximum Gasteiger partial charge on any atom is 0.329 e. The Labute approximate surface area is 74.9 Å². The number of nitrogens with one attached hydrogen (secondary N) is 1. The summed E-state index contributed by atoms with van der Waals surface area (Å²) in [5, 5.41) is 2.86. The summed E-state index contributed by atoms with van der Waals surface area (Å²) in [6, 6.07) is -0.229. The van der Waals surface area contributed by atoms with Gasteiger partial charge in [-0.25, -0.2) is 4.79 Å². The monoisotopic (exact) mass is 191 g/mol. The fraction of sp³-hybridized carbons (Fsp3) is 0.667. The second-order valence-electron chi connectivity index (χ2n) is 2.05. The van der Waals surface area contributed by atoms with Crippen molar-refractivity contribution in [1.29, 1.82) is 0 Å². The van der Waals surface area contributed by atoms with Gasteiger partial charge in [-0.05, 0) is 6.92 Å². The normalized spacial score (nSPS) is 23.0. The van der Waals surface area contributed by atoms with E-state index in [4.69, 9.17) is 17.0 Å². The van der Waals surface area contributed by atoms with Gasteiger partial charge >= 0.3 is 5.97 Å². The molecule has 0 radical (unpaired) electrons. The molecule has 0 bridgehead atoms. The number of thioether (sulfide) groups is 1. The third-order valence-electron chi connectivity index (χ3n) is 1.24. The molecule has 0 aliphatic carbocycles. The van der Waals surface area contributed by atoms with E-state index >= 15 is 0 Å². The van der Waals surface area contributed by atoms with Crippen molar-refractivity contribution in [1.82, 2.24) is 5.32 Å². The Balaban J connectivity index is 2.37. The molecule has 11 heavy (non-hydrogen) atoms. The number of hydrogen-bond acceptors (Lipinski definition) is 4. The number of carbonyl (C=O) groups is 1. The van der Waals surface area contributed by atoms with Crippen LogP contribution in [0.2, 0.25) is 0 Å². The van der Waals surface area contributed by atoms with Crippen LogP contribution in [0.4, 0.5) is 0 Å². The van der Waals surface area contributed by atoms with E-state index < -0.39 is 0 Å². The minimum Gasteiger partial charge on any atom is -0.464 e. The standard InChI is InChI=1S/C6H9NO2S2/c1-2-9-5(8)4-3-11-6(10)7-4/h4H,2-3H2,1H3,(H,7,10)/t4-/m1/s1. The smallest absolute Gasteiger partial charge is 0.329 e. The molecular weight excluding hydrogens is 182 g/mol. The molecule has 1 fully saturated rings. The van der Waals surface area contributed by atoms with Crippen LogP contribution < -0.4 is 5.32 Å². The molecule has 1 saturated heterocycles. The Hall–Kier alpha value is -0.290. The number of ether oxygens (including phenoxy) is 1. The SMILES string of the molecule is CCOC(=O)[C@H]1CSC(=S)N1. The highest BCUT2D eigenvalue weighted by Gasteiger charge is 2.26. The average Bonchev–Trinajstić information content (AvgIpc) is 2.36. The molecule has 62 valence electrons. The average molecular weight is 191 g/mol. The lowest BCUT2D eigenvalue weighted by Crippen LogP contribution is -2.35. The van der Waals surface area contributed by atoms with E-state index in [0.717, 1.165) is 0 Å². The molecule has 1 aliphatic rings. The Morgan fingerprint density at radius 1 is 2.00 bits per heavy atom. The molecule has 1 N–H and O–H groups in total. The van der Waals surface area contributed by atoms with Crippen molar-refractivity contribution in [3.8, 4) is 0 Å². The third-order valence-corrected chi connectivity index (χ3v) is 2.60. The number of carbonyl (C=O) groups excluding carboxylic acids is 1. The lowest BCUT2D eigenvalue weighted by atomic mass is 10.3. The molecule has 0 amide bonds. The minimum absolute atomic E-state index is 0.208. The van der Waals surface area contributed by atoms with Crippen molar-refractivity contribution < 1.29 is 9.53 Å². The van der Waals surface area contributed by atoms with Crippen LogP contribution in [0, 0.1) is 0 Å². The summed E-state index contributed by atoms with van der Waals surface area (Å²) in [4.78, 5) is 11.0. The van der Waals surface area contributed by atoms with Crippen LogP contribution in [-0.4, -0.2) is 28.7 Å². The van der Waals surface area contributed by atoms with E-state index in [2.05, 4.69) is 5.32 Å². The molecule has 0 spiro atoms. The van der Waals surface area contributed by atoms with Gasteiger partial charge in [-0.15, -0.1) is 0 Å². The highest BCUT2D eigenvalue weighted by atomic mass is 32.2. The van der Waals surface area contributed by atoms with Crippen LogP contribution in [0.5, 0.6) is 0 Å². The quantitative estimate of drug-likeness (QED) is 0.509. The highest BCUT2D eigenvalue weighted by Crippen LogP contribution is 2.13. The summed E-state index contributed by atoms with van der Waals surface area (Å²) in [6.45, 7) is 2.22. The van der Waals surface area contributed by atoms with Crippen molar-refractivity contribution in [2.24, 2.45) is 0 Å². The Morgan fingerprint density at radius 2 is 2.73 bits per heavy atom. The van der Waals surface area contributed by atoms with Crippen molar-refractivity contribution in [2.45, 2.75) is 13.0 Å². The summed E-state index contributed by atoms with van der Waals surface area (Å²) in [6.07, 6.45) is 0. The van der Waals surface area contributed by atoms with Gasteiger partial charge in [0, 0.05) is 5.75 Å². The van der Waals surface area contributed by atoms with Gasteiger partial charge in [0.05, 0.1) is 6.61 Å². The molecule has 5 heteroatoms. The number of esters is 1. The maximum atomic E-state index is 11.0. The molecule has 3 nitrogen and oxygen atoms in total. The second-order valence-corrected chi connectivity index (χ2v) is 3.74. The molecule has 1 heterocycles. The van der Waals surface area contributed by atoms with Crippen LogP contribution in [0.25, 0.3) is 0 Å². The molecule has 1 atom stereocenters. The van der Waals surface area contributed by atoms with Gasteiger partial charge in [0.1, 0.15) is 10.4 Å². The first-order valence-electron chi connectivity index (χ1n) is 3.34. The second kappa shape index (κ2) is 3.92. The number of thiocarbonyl (C=S) groups is 1. The topological polar surface area (TPSA) is 38.3 Å². The summed E-state index contributed by atoms with van der Waals surface area (Å²) < 4.78 is 5.48. The Morgan fingerprint density at radius 3 is 3.18 bits per heavy atom. The van der Waals surface area contributed by atoms with E-state index in [0.29, 0.717) is 16.7 Å². The van der Waals surface area contributed by atoms with E-state index in [-0.39, 0.29) is 12.0 Å². The molecule has 0 unspecified atom stereocenters. The Kier molecular flexibility index (Phi) is 3.14. The first-order chi connectivity index (χ1) is 5.24. The molecule has 0 aromatic rings. The van der Waals surface area contributed by atoms with Crippen LogP contribution in [0.3, 0.4) is 0 Å². The summed E-state index contributed by atoms with van der Waals surface area (Å²) in [5.41, 5.74) is 0. The van der Waals surface area contributed by atoms with Crippen LogP contribution in [0.1, 0.15) is 6.92 Å². The van der Waals surface area contributed by atoms with Crippen molar-refractivity contribution in [2.75, 3.05) is 12.4 Å². The van der Waals surface area contributed by atoms with Crippen LogP contribution >= 0.6 is 24.0 Å². The number of rotatable bonds is 2. The first-order valence-corrected chi connectivity index (χ1v) is 4.73. The minimum atomic E-state index is -0.229.